The van der Waals surface area contributed by atoms with Gasteiger partial charge >= 0.3 is 5.97 Å². The third-order valence-electron chi connectivity index (χ3n) is 2.27. The number of carbonyl (C=O) groups excluding carboxylic acids is 1. The van der Waals surface area contributed by atoms with E-state index in [-0.39, 0.29) is 0 Å². The standard InChI is InChI=1S/C9H10N2O3/c10-5-11-8(12)6-3-1-2-4-7(6)9(13)14/h1-2,6-7H,3-4H2,(H,11,12)(H,13,14). The number of carbonyl (C=O) groups is 2. The van der Waals surface area contributed by atoms with Gasteiger partial charge in [-0.15, -0.1) is 0 Å². The Hall–Kier alpha value is -1.83. The van der Waals surface area contributed by atoms with Gasteiger partial charge in [-0.25, -0.2) is 0 Å². The Labute approximate surface area is 81.0 Å². The first-order valence-corrected chi connectivity index (χ1v) is 4.23. The number of amides is 1. The molecule has 1 aliphatic rings. The second-order valence-electron chi connectivity index (χ2n) is 3.10. The molecule has 14 heavy (non-hydrogen) atoms. The maximum absolute atomic E-state index is 11.3. The van der Waals surface area contributed by atoms with Crippen LogP contribution < -0.4 is 5.32 Å². The second-order valence-corrected chi connectivity index (χ2v) is 3.10. The number of allylic oxidation sites excluding steroid dienone is 2. The Bertz CT molecular complexity index is 317. The minimum atomic E-state index is -0.993. The number of aliphatic carboxylic acids is 1. The lowest BCUT2D eigenvalue weighted by molar-refractivity contribution is -0.147. The molecule has 0 saturated carbocycles. The van der Waals surface area contributed by atoms with Crippen molar-refractivity contribution in [2.45, 2.75) is 12.8 Å². The number of rotatable bonds is 2. The predicted molar refractivity (Wildman–Crippen MR) is 46.7 cm³/mol. The van der Waals surface area contributed by atoms with E-state index in [1.54, 1.807) is 12.2 Å². The van der Waals surface area contributed by atoms with Crippen molar-refractivity contribution < 1.29 is 14.7 Å². The number of hydrogen-bond acceptors (Lipinski definition) is 3. The maximum atomic E-state index is 11.3. The molecular formula is C9H10N2O3. The lowest BCUT2D eigenvalue weighted by Gasteiger charge is -2.22. The van der Waals surface area contributed by atoms with Gasteiger partial charge in [0.05, 0.1) is 11.8 Å². The van der Waals surface area contributed by atoms with Gasteiger partial charge in [-0.3, -0.25) is 14.9 Å². The molecule has 1 aliphatic carbocycles. The van der Waals surface area contributed by atoms with Crippen molar-refractivity contribution in [3.05, 3.63) is 12.2 Å². The molecule has 0 aliphatic heterocycles. The number of carboxylic acids is 1. The molecule has 1 rings (SSSR count). The van der Waals surface area contributed by atoms with Crippen LogP contribution in [0.15, 0.2) is 12.2 Å². The van der Waals surface area contributed by atoms with Gasteiger partial charge in [0, 0.05) is 0 Å². The van der Waals surface area contributed by atoms with Crippen molar-refractivity contribution in [1.82, 2.24) is 5.32 Å². The average molecular weight is 194 g/mol. The van der Waals surface area contributed by atoms with Gasteiger partial charge in [0.1, 0.15) is 0 Å². The fourth-order valence-corrected chi connectivity index (χ4v) is 1.52. The topological polar surface area (TPSA) is 90.2 Å². The molecule has 0 saturated heterocycles. The summed E-state index contributed by atoms with van der Waals surface area (Å²) in [6, 6.07) is 0. The molecule has 2 N–H and O–H groups in total. The van der Waals surface area contributed by atoms with Crippen molar-refractivity contribution in [2.24, 2.45) is 11.8 Å². The summed E-state index contributed by atoms with van der Waals surface area (Å²) in [5, 5.41) is 19.0. The van der Waals surface area contributed by atoms with E-state index >= 15 is 0 Å². The Morgan fingerprint density at radius 1 is 1.36 bits per heavy atom. The summed E-state index contributed by atoms with van der Waals surface area (Å²) >= 11 is 0. The molecule has 0 aromatic carbocycles. The fraction of sp³-hybridized carbons (Fsp3) is 0.444. The van der Waals surface area contributed by atoms with Crippen molar-refractivity contribution >= 4 is 11.9 Å². The summed E-state index contributed by atoms with van der Waals surface area (Å²) in [6.07, 6.45) is 5.74. The lowest BCUT2D eigenvalue weighted by atomic mass is 9.82. The van der Waals surface area contributed by atoms with Crippen LogP contribution in [0.1, 0.15) is 12.8 Å². The molecule has 5 heteroatoms. The van der Waals surface area contributed by atoms with E-state index in [9.17, 15) is 9.59 Å². The predicted octanol–water partition coefficient (Wildman–Crippen LogP) is 0.251. The summed E-state index contributed by atoms with van der Waals surface area (Å²) in [6.45, 7) is 0. The molecule has 2 atom stereocenters. The van der Waals surface area contributed by atoms with Gasteiger partial charge in [0.15, 0.2) is 6.19 Å². The van der Waals surface area contributed by atoms with E-state index in [1.165, 1.54) is 6.19 Å². The third-order valence-corrected chi connectivity index (χ3v) is 2.27. The molecule has 0 spiro atoms. The Morgan fingerprint density at radius 3 is 2.43 bits per heavy atom. The van der Waals surface area contributed by atoms with Crippen molar-refractivity contribution in [1.29, 1.82) is 5.26 Å². The number of carboxylic acid groups (broad SMARTS) is 1. The number of nitrogens with zero attached hydrogens (tertiary/aromatic N) is 1. The zero-order chi connectivity index (χ0) is 10.6. The van der Waals surface area contributed by atoms with E-state index in [0.717, 1.165) is 0 Å². The van der Waals surface area contributed by atoms with Gasteiger partial charge < -0.3 is 5.11 Å². The first-order chi connectivity index (χ1) is 6.66. The zero-order valence-electron chi connectivity index (χ0n) is 7.43. The van der Waals surface area contributed by atoms with Gasteiger partial charge in [0.25, 0.3) is 0 Å². The molecule has 2 unspecified atom stereocenters. The summed E-state index contributed by atoms with van der Waals surface area (Å²) in [5.41, 5.74) is 0. The largest absolute Gasteiger partial charge is 0.481 e. The molecule has 0 heterocycles. The average Bonchev–Trinajstić information content (AvgIpc) is 2.18. The molecule has 0 radical (unpaired) electrons. The Balaban J connectivity index is 2.75. The SMILES string of the molecule is N#CNC(=O)C1CC=CCC1C(=O)O. The van der Waals surface area contributed by atoms with Crippen molar-refractivity contribution in [3.63, 3.8) is 0 Å². The summed E-state index contributed by atoms with van der Waals surface area (Å²) < 4.78 is 0. The normalized spacial score (nSPS) is 25.1. The van der Waals surface area contributed by atoms with E-state index in [0.29, 0.717) is 12.8 Å². The first-order valence-electron chi connectivity index (χ1n) is 4.23. The van der Waals surface area contributed by atoms with Crippen molar-refractivity contribution in [2.75, 3.05) is 0 Å². The first kappa shape index (κ1) is 10.3. The molecule has 0 fully saturated rings. The lowest BCUT2D eigenvalue weighted by Crippen LogP contribution is -2.36. The van der Waals surface area contributed by atoms with Crippen LogP contribution in [0.4, 0.5) is 0 Å². The minimum absolute atomic E-state index is 0.346. The van der Waals surface area contributed by atoms with Crippen LogP contribution in [0.3, 0.4) is 0 Å². The molecule has 5 nitrogen and oxygen atoms in total. The van der Waals surface area contributed by atoms with E-state index < -0.39 is 23.7 Å². The Morgan fingerprint density at radius 2 is 1.93 bits per heavy atom. The number of nitriles is 1. The minimum Gasteiger partial charge on any atom is -0.481 e. The van der Waals surface area contributed by atoms with Gasteiger partial charge in [0.2, 0.25) is 5.91 Å². The molecule has 0 aromatic heterocycles. The van der Waals surface area contributed by atoms with Crippen LogP contribution in [-0.4, -0.2) is 17.0 Å². The monoisotopic (exact) mass is 194 g/mol. The highest BCUT2D eigenvalue weighted by Crippen LogP contribution is 2.25. The maximum Gasteiger partial charge on any atom is 0.307 e. The van der Waals surface area contributed by atoms with Gasteiger partial charge in [-0.2, -0.15) is 5.26 Å². The molecular weight excluding hydrogens is 184 g/mol. The van der Waals surface area contributed by atoms with Crippen LogP contribution >= 0.6 is 0 Å². The fourth-order valence-electron chi connectivity index (χ4n) is 1.52. The molecule has 0 aromatic rings. The highest BCUT2D eigenvalue weighted by atomic mass is 16.4. The summed E-state index contributed by atoms with van der Waals surface area (Å²) in [4.78, 5) is 22.1. The van der Waals surface area contributed by atoms with Gasteiger partial charge in [-0.1, -0.05) is 12.2 Å². The third kappa shape index (κ3) is 2.10. The molecule has 1 amide bonds. The van der Waals surface area contributed by atoms with E-state index in [1.807, 2.05) is 5.32 Å². The quantitative estimate of drug-likeness (QED) is 0.374. The van der Waals surface area contributed by atoms with Gasteiger partial charge in [-0.05, 0) is 12.8 Å². The molecule has 74 valence electrons. The summed E-state index contributed by atoms with van der Waals surface area (Å²) in [7, 11) is 0. The van der Waals surface area contributed by atoms with Crippen LogP contribution in [0.5, 0.6) is 0 Å². The van der Waals surface area contributed by atoms with E-state index in [4.69, 9.17) is 10.4 Å². The van der Waals surface area contributed by atoms with Crippen LogP contribution in [0.2, 0.25) is 0 Å². The highest BCUT2D eigenvalue weighted by molar-refractivity contribution is 5.86. The Kier molecular flexibility index (Phi) is 3.24. The summed E-state index contributed by atoms with van der Waals surface area (Å²) in [5.74, 6) is -2.85. The second kappa shape index (κ2) is 4.42. The number of nitrogens with one attached hydrogen (secondary N) is 1. The zero-order valence-corrected chi connectivity index (χ0v) is 7.43. The van der Waals surface area contributed by atoms with Crippen LogP contribution in [-0.2, 0) is 9.59 Å². The molecule has 0 bridgehead atoms. The van der Waals surface area contributed by atoms with E-state index in [2.05, 4.69) is 0 Å². The van der Waals surface area contributed by atoms with Crippen LogP contribution in [0.25, 0.3) is 0 Å². The highest BCUT2D eigenvalue weighted by Gasteiger charge is 2.33. The number of hydrogen-bond donors (Lipinski definition) is 2. The smallest absolute Gasteiger partial charge is 0.307 e. The van der Waals surface area contributed by atoms with Crippen molar-refractivity contribution in [3.8, 4) is 6.19 Å². The van der Waals surface area contributed by atoms with Crippen LogP contribution in [0, 0.1) is 23.3 Å².